The van der Waals surface area contributed by atoms with Crippen LogP contribution in [0.2, 0.25) is 0 Å². The van der Waals surface area contributed by atoms with Crippen LogP contribution < -0.4 is 10.2 Å². The van der Waals surface area contributed by atoms with E-state index in [0.29, 0.717) is 18.0 Å². The first-order chi connectivity index (χ1) is 8.97. The van der Waals surface area contributed by atoms with Crippen molar-refractivity contribution in [3.05, 3.63) is 12.3 Å². The summed E-state index contributed by atoms with van der Waals surface area (Å²) in [6.45, 7) is 11.3. The molecule has 4 nitrogen and oxygen atoms in total. The predicted molar refractivity (Wildman–Crippen MR) is 80.4 cm³/mol. The minimum absolute atomic E-state index is 0.540. The molecule has 1 fully saturated rings. The molecule has 1 aromatic rings. The summed E-state index contributed by atoms with van der Waals surface area (Å²) >= 11 is 0. The van der Waals surface area contributed by atoms with Gasteiger partial charge in [0.1, 0.15) is 0 Å². The number of hydrogen-bond donors (Lipinski definition) is 1. The molecule has 19 heavy (non-hydrogen) atoms. The van der Waals surface area contributed by atoms with E-state index in [1.54, 1.807) is 0 Å². The number of aromatic nitrogens is 2. The van der Waals surface area contributed by atoms with Gasteiger partial charge in [-0.05, 0) is 18.3 Å². The molecule has 1 aliphatic rings. The van der Waals surface area contributed by atoms with Crippen molar-refractivity contribution < 1.29 is 0 Å². The van der Waals surface area contributed by atoms with Gasteiger partial charge in [0.2, 0.25) is 0 Å². The summed E-state index contributed by atoms with van der Waals surface area (Å²) in [5.41, 5.74) is 0. The number of aryl methyl sites for hydroxylation is 1. The Hall–Kier alpha value is -1.03. The number of rotatable bonds is 4. The molecule has 2 rings (SSSR count). The lowest BCUT2D eigenvalue weighted by molar-refractivity contribution is 0.308. The van der Waals surface area contributed by atoms with Gasteiger partial charge in [0, 0.05) is 44.5 Å². The number of hydrogen-bond acceptors (Lipinski definition) is 3. The summed E-state index contributed by atoms with van der Waals surface area (Å²) in [6.07, 6.45) is 3.26. The van der Waals surface area contributed by atoms with Gasteiger partial charge in [0.05, 0.1) is 0 Å². The monoisotopic (exact) mass is 264 g/mol. The molecule has 2 heterocycles. The van der Waals surface area contributed by atoms with Crippen LogP contribution in [0.3, 0.4) is 0 Å². The molecule has 2 atom stereocenters. The van der Waals surface area contributed by atoms with E-state index in [-0.39, 0.29) is 0 Å². The zero-order valence-corrected chi connectivity index (χ0v) is 12.9. The van der Waals surface area contributed by atoms with Crippen LogP contribution >= 0.6 is 0 Å². The summed E-state index contributed by atoms with van der Waals surface area (Å²) in [4.78, 5) is 2.49. The van der Waals surface area contributed by atoms with Crippen LogP contribution in [0.1, 0.15) is 34.1 Å². The van der Waals surface area contributed by atoms with Crippen molar-refractivity contribution in [1.82, 2.24) is 15.1 Å². The number of anilines is 1. The van der Waals surface area contributed by atoms with Gasteiger partial charge in [-0.3, -0.25) is 4.68 Å². The third-order valence-electron chi connectivity index (χ3n) is 3.95. The van der Waals surface area contributed by atoms with Gasteiger partial charge in [0.15, 0.2) is 5.82 Å². The Morgan fingerprint density at radius 1 is 1.37 bits per heavy atom. The molecule has 1 aliphatic heterocycles. The van der Waals surface area contributed by atoms with E-state index in [1.165, 1.54) is 6.42 Å². The highest BCUT2D eigenvalue weighted by Gasteiger charge is 2.31. The average molecular weight is 264 g/mol. The van der Waals surface area contributed by atoms with Gasteiger partial charge in [-0.25, -0.2) is 0 Å². The second-order valence-electron chi connectivity index (χ2n) is 6.55. The van der Waals surface area contributed by atoms with Crippen LogP contribution in [0, 0.1) is 11.8 Å². The van der Waals surface area contributed by atoms with Crippen LogP contribution in [-0.4, -0.2) is 35.0 Å². The second-order valence-corrected chi connectivity index (χ2v) is 6.55. The van der Waals surface area contributed by atoms with E-state index < -0.39 is 0 Å². The van der Waals surface area contributed by atoms with Crippen molar-refractivity contribution in [2.45, 2.75) is 46.2 Å². The van der Waals surface area contributed by atoms with E-state index >= 15 is 0 Å². The zero-order valence-electron chi connectivity index (χ0n) is 12.9. The molecule has 108 valence electrons. The van der Waals surface area contributed by atoms with Crippen molar-refractivity contribution in [3.63, 3.8) is 0 Å². The van der Waals surface area contributed by atoms with E-state index in [4.69, 9.17) is 0 Å². The highest BCUT2D eigenvalue weighted by Crippen LogP contribution is 2.23. The lowest BCUT2D eigenvalue weighted by Crippen LogP contribution is -2.58. The predicted octanol–water partition coefficient (Wildman–Crippen LogP) is 2.27. The van der Waals surface area contributed by atoms with E-state index in [0.717, 1.165) is 24.8 Å². The molecule has 0 aromatic carbocycles. The van der Waals surface area contributed by atoms with Crippen LogP contribution in [0.15, 0.2) is 12.3 Å². The van der Waals surface area contributed by atoms with E-state index in [1.807, 2.05) is 17.9 Å². The maximum absolute atomic E-state index is 4.60. The molecule has 0 amide bonds. The third kappa shape index (κ3) is 3.50. The van der Waals surface area contributed by atoms with Crippen molar-refractivity contribution >= 4 is 5.82 Å². The summed E-state index contributed by atoms with van der Waals surface area (Å²) in [7, 11) is 1.99. The first-order valence-corrected chi connectivity index (χ1v) is 7.47. The molecule has 0 bridgehead atoms. The Morgan fingerprint density at radius 3 is 2.63 bits per heavy atom. The number of nitrogens with zero attached hydrogens (tertiary/aromatic N) is 3. The largest absolute Gasteiger partial charge is 0.349 e. The van der Waals surface area contributed by atoms with Gasteiger partial charge < -0.3 is 10.2 Å². The quantitative estimate of drug-likeness (QED) is 0.905. The molecule has 0 aliphatic carbocycles. The van der Waals surface area contributed by atoms with Crippen LogP contribution in [0.5, 0.6) is 0 Å². The highest BCUT2D eigenvalue weighted by atomic mass is 15.4. The van der Waals surface area contributed by atoms with Gasteiger partial charge >= 0.3 is 0 Å². The maximum atomic E-state index is 4.60. The Labute approximate surface area is 117 Å². The van der Waals surface area contributed by atoms with Crippen molar-refractivity contribution in [3.8, 4) is 0 Å². The minimum Gasteiger partial charge on any atom is -0.349 e. The Morgan fingerprint density at radius 2 is 2.11 bits per heavy atom. The fraction of sp³-hybridized carbons (Fsp3) is 0.800. The molecule has 1 saturated heterocycles. The average Bonchev–Trinajstić information content (AvgIpc) is 2.74. The van der Waals surface area contributed by atoms with Gasteiger partial charge in [-0.15, -0.1) is 0 Å². The highest BCUT2D eigenvalue weighted by molar-refractivity contribution is 5.40. The Bertz CT molecular complexity index is 397. The molecule has 0 saturated carbocycles. The number of nitrogens with one attached hydrogen (secondary N) is 1. The lowest BCUT2D eigenvalue weighted by atomic mass is 9.95. The number of piperazine rings is 1. The topological polar surface area (TPSA) is 33.1 Å². The summed E-state index contributed by atoms with van der Waals surface area (Å²) in [5, 5.41) is 8.31. The SMILES string of the molecule is CC(C)CC1CN(c2ccn(C)n2)C(C(C)C)CN1. The van der Waals surface area contributed by atoms with Crippen molar-refractivity contribution in [2.75, 3.05) is 18.0 Å². The molecule has 0 radical (unpaired) electrons. The Kier molecular flexibility index (Phi) is 4.50. The fourth-order valence-corrected chi connectivity index (χ4v) is 2.98. The third-order valence-corrected chi connectivity index (χ3v) is 3.95. The van der Waals surface area contributed by atoms with Crippen molar-refractivity contribution in [2.24, 2.45) is 18.9 Å². The molecule has 1 aromatic heterocycles. The van der Waals surface area contributed by atoms with Crippen molar-refractivity contribution in [1.29, 1.82) is 0 Å². The summed E-state index contributed by atoms with van der Waals surface area (Å²) in [6, 6.07) is 3.25. The normalized spacial score (nSPS) is 24.5. The summed E-state index contributed by atoms with van der Waals surface area (Å²) in [5.74, 6) is 2.49. The first kappa shape index (κ1) is 14.4. The molecule has 0 spiro atoms. The van der Waals surface area contributed by atoms with Crippen LogP contribution in [-0.2, 0) is 7.05 Å². The summed E-state index contributed by atoms with van der Waals surface area (Å²) < 4.78 is 1.90. The van der Waals surface area contributed by atoms with Gasteiger partial charge in [0.25, 0.3) is 0 Å². The first-order valence-electron chi connectivity index (χ1n) is 7.47. The zero-order chi connectivity index (χ0) is 14.0. The molecule has 2 unspecified atom stereocenters. The standard InChI is InChI=1S/C15H28N4/c1-11(2)8-13-10-19(14(9-16-13)12(3)4)15-6-7-18(5)17-15/h6-7,11-14,16H,8-10H2,1-5H3. The van der Waals surface area contributed by atoms with E-state index in [2.05, 4.69) is 49.1 Å². The maximum Gasteiger partial charge on any atom is 0.150 e. The lowest BCUT2D eigenvalue weighted by Gasteiger charge is -2.43. The van der Waals surface area contributed by atoms with Gasteiger partial charge in [-0.1, -0.05) is 27.7 Å². The molecule has 1 N–H and O–H groups in total. The Balaban J connectivity index is 2.13. The van der Waals surface area contributed by atoms with Crippen LogP contribution in [0.25, 0.3) is 0 Å². The minimum atomic E-state index is 0.540. The molecular weight excluding hydrogens is 236 g/mol. The second kappa shape index (κ2) is 5.95. The molecular formula is C15H28N4. The van der Waals surface area contributed by atoms with Gasteiger partial charge in [-0.2, -0.15) is 5.10 Å². The van der Waals surface area contributed by atoms with E-state index in [9.17, 15) is 0 Å². The molecule has 4 heteroatoms. The van der Waals surface area contributed by atoms with Crippen LogP contribution in [0.4, 0.5) is 5.82 Å². The smallest absolute Gasteiger partial charge is 0.150 e. The fourth-order valence-electron chi connectivity index (χ4n) is 2.98.